The maximum absolute atomic E-state index is 11.9. The molecule has 0 aliphatic carbocycles. The van der Waals surface area contributed by atoms with Crippen LogP contribution >= 0.6 is 0 Å². The van der Waals surface area contributed by atoms with Crippen LogP contribution in [0.1, 0.15) is 17.1 Å². The number of aliphatic carboxylic acids is 1. The van der Waals surface area contributed by atoms with Crippen molar-refractivity contribution in [3.8, 4) is 108 Å². The number of aromatic amines is 3. The van der Waals surface area contributed by atoms with Gasteiger partial charge in [0.25, 0.3) is 0 Å². The molecule has 0 aliphatic heterocycles. The average molecular weight is 1330 g/mol. The minimum Gasteiger partial charge on any atom is -0.480 e. The number of nitrogens with one attached hydrogen (secondary N) is 5. The van der Waals surface area contributed by atoms with Gasteiger partial charge in [0.15, 0.2) is 0 Å². The zero-order valence-corrected chi connectivity index (χ0v) is 53.9. The molecule has 0 aromatic carbocycles. The molecule has 0 spiro atoms. The van der Waals surface area contributed by atoms with Crippen molar-refractivity contribution in [2.24, 2.45) is 5.73 Å². The summed E-state index contributed by atoms with van der Waals surface area (Å²) < 4.78 is 70.2. The molecule has 3 aromatic rings. The number of nitrogens with two attached hydrogens (primary N) is 1. The van der Waals surface area contributed by atoms with Crippen molar-refractivity contribution in [3.63, 3.8) is 0 Å². The minimum absolute atomic E-state index is 0.118. The summed E-state index contributed by atoms with van der Waals surface area (Å²) in [5.74, 6) is 35.2. The molecule has 0 fully saturated rings. The molecule has 30 nitrogen and oxygen atoms in total. The monoisotopic (exact) mass is 1330 g/mol. The first-order valence-corrected chi connectivity index (χ1v) is 28.5. The first-order chi connectivity index (χ1) is 46.4. The Morgan fingerprint density at radius 3 is 1.04 bits per heavy atom. The number of hydrogen-bond donors (Lipinski definition) is 7. The summed E-state index contributed by atoms with van der Waals surface area (Å²) in [4.78, 5) is 87.2. The molecule has 2 amide bonds. The number of nitrogens with zero attached hydrogens (tertiary/aromatic N) is 3. The summed E-state index contributed by atoms with van der Waals surface area (Å²) in [5, 5.41) is 14.1. The molecule has 0 radical (unpaired) electrons. The first kappa shape index (κ1) is 87.2. The topological polar surface area (TPSA) is 388 Å². The molecule has 0 saturated heterocycles. The Balaban J connectivity index is 0. The average Bonchev–Trinajstić information content (AvgIpc) is 3.29. The van der Waals surface area contributed by atoms with Gasteiger partial charge < -0.3 is 108 Å². The number of esters is 2. The van der Waals surface area contributed by atoms with E-state index in [0.717, 1.165) is 5.69 Å². The number of hydrogen-bond acceptors (Lipinski definition) is 24. The summed E-state index contributed by atoms with van der Waals surface area (Å²) in [5.41, 5.74) is 7.65. The van der Waals surface area contributed by atoms with Crippen molar-refractivity contribution < 1.29 is 100 Å². The summed E-state index contributed by atoms with van der Waals surface area (Å²) >= 11 is 0. The van der Waals surface area contributed by atoms with E-state index in [4.69, 9.17) is 85.3 Å². The number of aromatic nitrogens is 6. The summed E-state index contributed by atoms with van der Waals surface area (Å²) in [6.45, 7) is 7.98. The van der Waals surface area contributed by atoms with Crippen molar-refractivity contribution in [1.29, 1.82) is 0 Å². The van der Waals surface area contributed by atoms with E-state index in [1.165, 1.54) is 33.1 Å². The van der Waals surface area contributed by atoms with Gasteiger partial charge in [-0.05, 0) is 94.7 Å². The maximum atomic E-state index is 11.9. The molecule has 3 rings (SSSR count). The predicted molar refractivity (Wildman–Crippen MR) is 342 cm³/mol. The van der Waals surface area contributed by atoms with Crippen molar-refractivity contribution in [2.45, 2.75) is 37.4 Å². The van der Waals surface area contributed by atoms with Crippen molar-refractivity contribution in [1.82, 2.24) is 40.5 Å². The Morgan fingerprint density at radius 1 is 0.453 bits per heavy atom. The van der Waals surface area contributed by atoms with Crippen LogP contribution in [-0.4, -0.2) is 263 Å². The Kier molecular flexibility index (Phi) is 62.9. The number of carboxylic acid groups (broad SMARTS) is 1. The summed E-state index contributed by atoms with van der Waals surface area (Å²) in [7, 11) is 7.42. The van der Waals surface area contributed by atoms with Crippen molar-refractivity contribution >= 4 is 36.0 Å². The van der Waals surface area contributed by atoms with Crippen molar-refractivity contribution in [3.05, 3.63) is 54.7 Å². The van der Waals surface area contributed by atoms with E-state index in [9.17, 15) is 28.8 Å². The van der Waals surface area contributed by atoms with Gasteiger partial charge in [0, 0.05) is 76.3 Å². The highest BCUT2D eigenvalue weighted by Gasteiger charge is 2.23. The van der Waals surface area contributed by atoms with E-state index in [-0.39, 0.29) is 45.9 Å². The van der Waals surface area contributed by atoms with Gasteiger partial charge in [0.2, 0.25) is 11.8 Å². The van der Waals surface area contributed by atoms with Gasteiger partial charge in [-0.1, -0.05) is 0 Å². The fourth-order valence-electron chi connectivity index (χ4n) is 5.76. The smallest absolute Gasteiger partial charge is 0.328 e. The van der Waals surface area contributed by atoms with Gasteiger partial charge >= 0.3 is 17.9 Å². The summed E-state index contributed by atoms with van der Waals surface area (Å²) in [6.07, 6.45) is 20.5. The van der Waals surface area contributed by atoms with E-state index in [2.05, 4.69) is 140 Å². The second-order valence-corrected chi connectivity index (χ2v) is 17.1. The normalized spacial score (nSPS) is 10.2. The van der Waals surface area contributed by atoms with E-state index in [1.54, 1.807) is 40.1 Å². The third kappa shape index (κ3) is 60.2. The lowest BCUT2D eigenvalue weighted by molar-refractivity contribution is -0.145. The Morgan fingerprint density at radius 2 is 0.747 bits per heavy atom. The highest BCUT2D eigenvalue weighted by molar-refractivity contribution is 5.85. The Bertz CT molecular complexity index is 2980. The number of rotatable bonds is 44. The van der Waals surface area contributed by atoms with Crippen LogP contribution in [0, 0.1) is 108 Å². The van der Waals surface area contributed by atoms with Crippen molar-refractivity contribution in [2.75, 3.05) is 174 Å². The quantitative estimate of drug-likeness (QED) is 0.0141. The zero-order chi connectivity index (χ0) is 70.1. The van der Waals surface area contributed by atoms with Gasteiger partial charge in [0.05, 0.1) is 152 Å². The number of methoxy groups -OCH3 is 5. The van der Waals surface area contributed by atoms with Gasteiger partial charge in [-0.2, -0.15) is 0 Å². The largest absolute Gasteiger partial charge is 0.480 e. The maximum Gasteiger partial charge on any atom is 0.328 e. The molecule has 514 valence electrons. The molecular formula is C65H83N9O21. The number of terminal acetylenes is 2. The van der Waals surface area contributed by atoms with Crippen LogP contribution in [0.5, 0.6) is 0 Å². The fourth-order valence-corrected chi connectivity index (χ4v) is 5.76. The number of amides is 2. The van der Waals surface area contributed by atoms with E-state index in [0.29, 0.717) is 130 Å². The molecule has 95 heavy (non-hydrogen) atoms. The van der Waals surface area contributed by atoms with Gasteiger partial charge in [-0.15, -0.1) is 12.8 Å². The minimum atomic E-state index is -1.13. The zero-order valence-electron chi connectivity index (χ0n) is 53.9. The van der Waals surface area contributed by atoms with Gasteiger partial charge in [0.1, 0.15) is 44.2 Å². The highest BCUT2D eigenvalue weighted by Crippen LogP contribution is 2.02. The number of imidazole rings is 3. The number of H-pyrrole nitrogens is 3. The van der Waals surface area contributed by atoms with Crippen LogP contribution in [0.4, 0.5) is 0 Å². The van der Waals surface area contributed by atoms with Crippen LogP contribution in [-0.2, 0) is 114 Å². The second kappa shape index (κ2) is 68.5. The molecule has 3 atom stereocenters. The predicted octanol–water partition coefficient (Wildman–Crippen LogP) is -1.87. The van der Waals surface area contributed by atoms with E-state index in [1.807, 2.05) is 0 Å². The highest BCUT2D eigenvalue weighted by atomic mass is 16.6. The molecular weight excluding hydrogens is 1240 g/mol. The Hall–Kier alpha value is -9.83. The fraction of sp³-hybridized carbons (Fsp3) is 0.492. The molecule has 0 saturated carbocycles. The molecule has 0 unspecified atom stereocenters. The third-order valence-corrected chi connectivity index (χ3v) is 10.0. The molecule has 0 aliphatic rings. The standard InChI is InChI=1S/C18H2.C16H27N3O7.C15H25N3O7.C9H18O5.C7H11N3O2/c1-3-5-7-9-11-13-15-17-18-16-14-12-10-8-6-4-2;1-22-3-4-24-5-6-25-7-8-26-11-15(20)19-14(16(21)23-2)9-13-10-17-12-18-13;1-22-2-3-23-4-5-24-6-7-25-10-14(19)18-13(15(20)21)8-12-9-16-11-17-12;1-11-4-5-13-8-9-14-7-6-12-3-2-10;1-12-7(11)6(8)2-5-3-9-4-10-5/h1-2H;10,12,14H,3-9,11H2,1-2H3,(H,17,18)(H,19,20);9,11,13H,2-8,10H2,1H3,(H,16,17)(H,18,19)(H,20,21);2H,3-9H2,1H3;3-4,6H,2,8H2,1H3,(H,9,10)/t;14-;13-;;6-/m.00.0/s1. The van der Waals surface area contributed by atoms with Gasteiger partial charge in [-0.3, -0.25) is 14.4 Å². The first-order valence-electron chi connectivity index (χ1n) is 28.5. The lowest BCUT2D eigenvalue weighted by Crippen LogP contribution is -2.44. The molecule has 3 heterocycles. The van der Waals surface area contributed by atoms with Crippen LogP contribution in [0.2, 0.25) is 0 Å². The number of aldehydes is 1. The van der Waals surface area contributed by atoms with Crippen LogP contribution in [0.15, 0.2) is 37.6 Å². The lowest BCUT2D eigenvalue weighted by atomic mass is 10.1. The molecule has 0 bridgehead atoms. The molecule has 3 aromatic heterocycles. The third-order valence-electron chi connectivity index (χ3n) is 10.0. The summed E-state index contributed by atoms with van der Waals surface area (Å²) in [6, 6.07) is -2.47. The molecule has 30 heteroatoms. The van der Waals surface area contributed by atoms with E-state index >= 15 is 0 Å². The Labute approximate surface area is 554 Å². The van der Waals surface area contributed by atoms with Crippen LogP contribution in [0.3, 0.4) is 0 Å². The second-order valence-electron chi connectivity index (χ2n) is 17.1. The van der Waals surface area contributed by atoms with E-state index < -0.39 is 47.8 Å². The number of ether oxygens (including phenoxy) is 14. The van der Waals surface area contributed by atoms with Crippen LogP contribution < -0.4 is 16.4 Å². The number of carboxylic acids is 1. The lowest BCUT2D eigenvalue weighted by Gasteiger charge is -2.15. The van der Waals surface area contributed by atoms with Gasteiger partial charge in [-0.25, -0.2) is 24.5 Å². The van der Waals surface area contributed by atoms with Crippen LogP contribution in [0.25, 0.3) is 0 Å². The number of carbonyl (C=O) groups excluding carboxylic acids is 5. The molecule has 8 N–H and O–H groups in total. The SMILES string of the molecule is C#CC#CC#CC#CC#CC#CC#CC#CC#C.COC(=O)[C@@H](N)Cc1cnc[nH]1.COCCOCCOCCOCC(=O)N[C@@H](Cc1cnc[nH]1)C(=O)O.COCCOCCOCCOCC(=O)N[C@@H](Cc1cnc[nH]1)C(=O)OC.COCCOCCOCCOCC=O. The number of carbonyl (C=O) groups is 6.